The van der Waals surface area contributed by atoms with Gasteiger partial charge in [-0.3, -0.25) is 4.79 Å². The van der Waals surface area contributed by atoms with Crippen molar-refractivity contribution in [3.8, 4) is 0 Å². The Morgan fingerprint density at radius 1 is 1.50 bits per heavy atom. The zero-order valence-electron chi connectivity index (χ0n) is 11.4. The SMILES string of the molecule is CCCNC(C)(CSc1ncnc2nc[nH]c12)C(=O)O. The van der Waals surface area contributed by atoms with Crippen LogP contribution in [0, 0.1) is 0 Å². The van der Waals surface area contributed by atoms with E-state index in [2.05, 4.69) is 25.3 Å². The maximum atomic E-state index is 11.4. The fraction of sp³-hybridized carbons (Fsp3) is 0.500. The molecule has 108 valence electrons. The number of aromatic nitrogens is 4. The zero-order chi connectivity index (χ0) is 14.6. The van der Waals surface area contributed by atoms with E-state index >= 15 is 0 Å². The number of hydrogen-bond acceptors (Lipinski definition) is 6. The van der Waals surface area contributed by atoms with Crippen LogP contribution in [-0.2, 0) is 4.79 Å². The maximum Gasteiger partial charge on any atom is 0.324 e. The molecule has 0 saturated heterocycles. The second kappa shape index (κ2) is 6.19. The van der Waals surface area contributed by atoms with Gasteiger partial charge in [-0.15, -0.1) is 11.8 Å². The van der Waals surface area contributed by atoms with Crippen LogP contribution in [0.5, 0.6) is 0 Å². The highest BCUT2D eigenvalue weighted by molar-refractivity contribution is 7.99. The fourth-order valence-electron chi connectivity index (χ4n) is 1.65. The molecule has 7 nitrogen and oxygen atoms in total. The Bertz CT molecular complexity index is 602. The van der Waals surface area contributed by atoms with Crippen molar-refractivity contribution < 1.29 is 9.90 Å². The first kappa shape index (κ1) is 14.7. The van der Waals surface area contributed by atoms with Gasteiger partial charge in [-0.2, -0.15) is 0 Å². The van der Waals surface area contributed by atoms with E-state index in [1.165, 1.54) is 18.1 Å². The van der Waals surface area contributed by atoms with Crippen LogP contribution in [0.4, 0.5) is 0 Å². The molecule has 2 heterocycles. The number of H-pyrrole nitrogens is 1. The summed E-state index contributed by atoms with van der Waals surface area (Å²) in [5.74, 6) is -0.499. The van der Waals surface area contributed by atoms with Crippen molar-refractivity contribution in [3.63, 3.8) is 0 Å². The predicted molar refractivity (Wildman–Crippen MR) is 76.7 cm³/mol. The van der Waals surface area contributed by atoms with Crippen LogP contribution in [-0.4, -0.2) is 48.8 Å². The average molecular weight is 295 g/mol. The van der Waals surface area contributed by atoms with Crippen LogP contribution in [0.25, 0.3) is 11.2 Å². The molecular weight excluding hydrogens is 278 g/mol. The Morgan fingerprint density at radius 2 is 2.30 bits per heavy atom. The van der Waals surface area contributed by atoms with Gasteiger partial charge in [0.05, 0.1) is 6.33 Å². The molecule has 0 aliphatic heterocycles. The molecule has 3 N–H and O–H groups in total. The van der Waals surface area contributed by atoms with Crippen LogP contribution in [0.15, 0.2) is 17.7 Å². The quantitative estimate of drug-likeness (QED) is 0.522. The Balaban J connectivity index is 2.13. The number of aromatic amines is 1. The summed E-state index contributed by atoms with van der Waals surface area (Å²) in [6.45, 7) is 4.34. The largest absolute Gasteiger partial charge is 0.480 e. The van der Waals surface area contributed by atoms with Crippen molar-refractivity contribution in [2.75, 3.05) is 12.3 Å². The highest BCUT2D eigenvalue weighted by Crippen LogP contribution is 2.25. The minimum Gasteiger partial charge on any atom is -0.480 e. The number of carboxylic acid groups (broad SMARTS) is 1. The van der Waals surface area contributed by atoms with Gasteiger partial charge in [0.2, 0.25) is 0 Å². The van der Waals surface area contributed by atoms with E-state index in [9.17, 15) is 9.90 Å². The van der Waals surface area contributed by atoms with E-state index in [-0.39, 0.29) is 0 Å². The minimum atomic E-state index is -0.988. The van der Waals surface area contributed by atoms with Gasteiger partial charge in [-0.1, -0.05) is 6.92 Å². The summed E-state index contributed by atoms with van der Waals surface area (Å²) in [4.78, 5) is 26.7. The van der Waals surface area contributed by atoms with E-state index < -0.39 is 11.5 Å². The highest BCUT2D eigenvalue weighted by atomic mass is 32.2. The summed E-state index contributed by atoms with van der Waals surface area (Å²) >= 11 is 1.37. The molecule has 2 aromatic rings. The molecule has 20 heavy (non-hydrogen) atoms. The van der Waals surface area contributed by atoms with E-state index in [0.29, 0.717) is 23.0 Å². The molecule has 2 aromatic heterocycles. The number of aliphatic carboxylic acids is 1. The van der Waals surface area contributed by atoms with Gasteiger partial charge in [0.15, 0.2) is 5.65 Å². The first-order valence-corrected chi connectivity index (χ1v) is 7.30. The number of thioether (sulfide) groups is 1. The van der Waals surface area contributed by atoms with Gasteiger partial charge >= 0.3 is 5.97 Å². The van der Waals surface area contributed by atoms with Crippen molar-refractivity contribution in [1.29, 1.82) is 0 Å². The van der Waals surface area contributed by atoms with Crippen LogP contribution in [0.1, 0.15) is 20.3 Å². The first-order chi connectivity index (χ1) is 9.57. The summed E-state index contributed by atoms with van der Waals surface area (Å²) in [5, 5.41) is 13.2. The number of fused-ring (bicyclic) bond motifs is 1. The van der Waals surface area contributed by atoms with Crippen LogP contribution in [0.3, 0.4) is 0 Å². The number of rotatable bonds is 7. The molecule has 1 atom stereocenters. The first-order valence-electron chi connectivity index (χ1n) is 6.32. The van der Waals surface area contributed by atoms with Crippen LogP contribution < -0.4 is 5.32 Å². The van der Waals surface area contributed by atoms with Crippen LogP contribution in [0.2, 0.25) is 0 Å². The van der Waals surface area contributed by atoms with Crippen molar-refractivity contribution in [1.82, 2.24) is 25.3 Å². The fourth-order valence-corrected chi connectivity index (χ4v) is 2.72. The lowest BCUT2D eigenvalue weighted by Gasteiger charge is -2.25. The predicted octanol–water partition coefficient (Wildman–Crippen LogP) is 1.29. The Morgan fingerprint density at radius 3 is 3.00 bits per heavy atom. The van der Waals surface area contributed by atoms with E-state index in [1.54, 1.807) is 13.3 Å². The summed E-state index contributed by atoms with van der Waals surface area (Å²) in [7, 11) is 0. The molecule has 0 spiro atoms. The van der Waals surface area contributed by atoms with Gasteiger partial charge in [-0.25, -0.2) is 15.0 Å². The third-order valence-electron chi connectivity index (χ3n) is 2.92. The molecule has 0 saturated carbocycles. The Kier molecular flexibility index (Phi) is 4.56. The van der Waals surface area contributed by atoms with E-state index in [1.807, 2.05) is 6.92 Å². The molecule has 1 unspecified atom stereocenters. The number of carbonyl (C=O) groups is 1. The molecular formula is C12H17N5O2S. The molecule has 0 bridgehead atoms. The Hall–Kier alpha value is -1.67. The number of hydrogen-bond donors (Lipinski definition) is 3. The molecule has 0 radical (unpaired) electrons. The molecule has 0 fully saturated rings. The molecule has 2 rings (SSSR count). The third kappa shape index (κ3) is 3.07. The van der Waals surface area contributed by atoms with Gasteiger partial charge < -0.3 is 15.4 Å². The highest BCUT2D eigenvalue weighted by Gasteiger charge is 2.32. The molecule has 0 aliphatic rings. The molecule has 0 aliphatic carbocycles. The average Bonchev–Trinajstić information content (AvgIpc) is 2.91. The number of imidazole rings is 1. The van der Waals surface area contributed by atoms with Gasteiger partial charge in [0.1, 0.15) is 22.4 Å². The zero-order valence-corrected chi connectivity index (χ0v) is 12.2. The van der Waals surface area contributed by atoms with E-state index in [4.69, 9.17) is 0 Å². The van der Waals surface area contributed by atoms with Crippen LogP contribution >= 0.6 is 11.8 Å². The van der Waals surface area contributed by atoms with Crippen molar-refractivity contribution in [3.05, 3.63) is 12.7 Å². The second-order valence-corrected chi connectivity index (χ2v) is 5.60. The standard InChI is InChI=1S/C12H17N5O2S/c1-3-4-17-12(2,11(18)19)5-20-10-8-9(14-6-13-8)15-7-16-10/h6-7,17H,3-5H2,1-2H3,(H,18,19)(H,13,14,15,16). The molecule has 8 heteroatoms. The molecule has 0 aromatic carbocycles. The summed E-state index contributed by atoms with van der Waals surface area (Å²) in [6, 6.07) is 0. The lowest BCUT2D eigenvalue weighted by Crippen LogP contribution is -2.51. The number of nitrogens with zero attached hydrogens (tertiary/aromatic N) is 3. The number of nitrogens with one attached hydrogen (secondary N) is 2. The van der Waals surface area contributed by atoms with E-state index in [0.717, 1.165) is 11.9 Å². The van der Waals surface area contributed by atoms with Crippen molar-refractivity contribution in [2.24, 2.45) is 0 Å². The van der Waals surface area contributed by atoms with Crippen molar-refractivity contribution >= 4 is 28.9 Å². The minimum absolute atomic E-state index is 0.369. The normalized spacial score (nSPS) is 14.3. The lowest BCUT2D eigenvalue weighted by molar-refractivity contribution is -0.143. The Labute approximate surface area is 120 Å². The summed E-state index contributed by atoms with van der Waals surface area (Å²) < 4.78 is 0. The van der Waals surface area contributed by atoms with Gasteiger partial charge in [0.25, 0.3) is 0 Å². The van der Waals surface area contributed by atoms with Gasteiger partial charge in [-0.05, 0) is 19.9 Å². The van der Waals surface area contributed by atoms with Crippen molar-refractivity contribution in [2.45, 2.75) is 30.8 Å². The second-order valence-electron chi connectivity index (χ2n) is 4.63. The molecule has 0 amide bonds. The maximum absolute atomic E-state index is 11.4. The smallest absolute Gasteiger partial charge is 0.324 e. The summed E-state index contributed by atoms with van der Waals surface area (Å²) in [5.41, 5.74) is 0.333. The monoisotopic (exact) mass is 295 g/mol. The third-order valence-corrected chi connectivity index (χ3v) is 4.23. The topological polar surface area (TPSA) is 104 Å². The number of carboxylic acids is 1. The lowest BCUT2D eigenvalue weighted by atomic mass is 10.1. The van der Waals surface area contributed by atoms with Gasteiger partial charge in [0, 0.05) is 5.75 Å². The summed E-state index contributed by atoms with van der Waals surface area (Å²) in [6.07, 6.45) is 3.87.